The zero-order valence-electron chi connectivity index (χ0n) is 9.63. The van der Waals surface area contributed by atoms with Gasteiger partial charge in [0, 0.05) is 19.6 Å². The van der Waals surface area contributed by atoms with Gasteiger partial charge in [-0.1, -0.05) is 13.2 Å². The molecule has 0 radical (unpaired) electrons. The van der Waals surface area contributed by atoms with Crippen LogP contribution in [0.3, 0.4) is 0 Å². The van der Waals surface area contributed by atoms with E-state index in [1.807, 2.05) is 6.07 Å². The van der Waals surface area contributed by atoms with Crippen LogP contribution in [0.1, 0.15) is 6.42 Å². The van der Waals surface area contributed by atoms with E-state index >= 15 is 0 Å². The molecule has 0 aromatic carbocycles. The highest BCUT2D eigenvalue weighted by atomic mass is 16.2. The molecule has 0 spiro atoms. The summed E-state index contributed by atoms with van der Waals surface area (Å²) in [6, 6.07) is 1.77. The molecule has 1 fully saturated rings. The van der Waals surface area contributed by atoms with Crippen LogP contribution in [-0.4, -0.2) is 47.3 Å². The highest BCUT2D eigenvalue weighted by molar-refractivity contribution is 5.89. The largest absolute Gasteiger partial charge is 0.335 e. The van der Waals surface area contributed by atoms with Crippen molar-refractivity contribution in [1.82, 2.24) is 9.80 Å². The molecular formula is C12H15N3O2. The molecule has 1 unspecified atom stereocenters. The molecule has 2 amide bonds. The summed E-state index contributed by atoms with van der Waals surface area (Å²) in [5.41, 5.74) is 0. The Morgan fingerprint density at radius 1 is 1.29 bits per heavy atom. The predicted molar refractivity (Wildman–Crippen MR) is 62.7 cm³/mol. The summed E-state index contributed by atoms with van der Waals surface area (Å²) in [7, 11) is 0. The van der Waals surface area contributed by atoms with Gasteiger partial charge in [-0.2, -0.15) is 5.26 Å². The van der Waals surface area contributed by atoms with Crippen LogP contribution < -0.4 is 0 Å². The summed E-state index contributed by atoms with van der Waals surface area (Å²) in [6.45, 7) is 8.12. The van der Waals surface area contributed by atoms with Gasteiger partial charge in [-0.05, 0) is 12.2 Å². The molecule has 17 heavy (non-hydrogen) atoms. The van der Waals surface area contributed by atoms with Crippen LogP contribution in [0.15, 0.2) is 25.3 Å². The number of carbonyl (C=O) groups is 2. The number of carbonyl (C=O) groups excluding carboxylic acids is 2. The number of nitriles is 1. The van der Waals surface area contributed by atoms with Crippen molar-refractivity contribution >= 4 is 11.8 Å². The molecule has 5 nitrogen and oxygen atoms in total. The molecule has 0 N–H and O–H groups in total. The van der Waals surface area contributed by atoms with Gasteiger partial charge in [-0.15, -0.1) is 0 Å². The number of hydrogen-bond donors (Lipinski definition) is 0. The third-order valence-electron chi connectivity index (χ3n) is 2.75. The minimum Gasteiger partial charge on any atom is -0.335 e. The topological polar surface area (TPSA) is 64.4 Å². The standard InChI is InChI=1S/C12H15N3O2/c1-3-11(16)14-7-8-15(12(17)4-2)10(9-14)5-6-13/h3-4,10H,1-2,5,7-9H2. The van der Waals surface area contributed by atoms with Gasteiger partial charge >= 0.3 is 0 Å². The molecule has 0 aromatic heterocycles. The van der Waals surface area contributed by atoms with Crippen LogP contribution in [-0.2, 0) is 9.59 Å². The molecule has 0 bridgehead atoms. The first kappa shape index (κ1) is 13.0. The number of amides is 2. The second-order valence-corrected chi connectivity index (χ2v) is 3.74. The minimum absolute atomic E-state index is 0.168. The molecular weight excluding hydrogens is 218 g/mol. The van der Waals surface area contributed by atoms with E-state index in [9.17, 15) is 9.59 Å². The minimum atomic E-state index is -0.261. The average molecular weight is 233 g/mol. The van der Waals surface area contributed by atoms with Crippen molar-refractivity contribution in [2.75, 3.05) is 19.6 Å². The molecule has 5 heteroatoms. The van der Waals surface area contributed by atoms with Crippen LogP contribution in [0.25, 0.3) is 0 Å². The predicted octanol–water partition coefficient (Wildman–Crippen LogP) is 0.311. The Labute approximate surface area is 101 Å². The van der Waals surface area contributed by atoms with Gasteiger partial charge in [0.1, 0.15) is 0 Å². The fourth-order valence-electron chi connectivity index (χ4n) is 1.87. The second-order valence-electron chi connectivity index (χ2n) is 3.74. The van der Waals surface area contributed by atoms with E-state index in [0.717, 1.165) is 0 Å². The van der Waals surface area contributed by atoms with Crippen LogP contribution in [0.5, 0.6) is 0 Å². The van der Waals surface area contributed by atoms with Crippen molar-refractivity contribution in [1.29, 1.82) is 5.26 Å². The van der Waals surface area contributed by atoms with Crippen molar-refractivity contribution in [3.63, 3.8) is 0 Å². The average Bonchev–Trinajstić information content (AvgIpc) is 2.37. The van der Waals surface area contributed by atoms with Gasteiger partial charge in [0.15, 0.2) is 0 Å². The smallest absolute Gasteiger partial charge is 0.246 e. The molecule has 1 rings (SSSR count). The van der Waals surface area contributed by atoms with Crippen LogP contribution >= 0.6 is 0 Å². The molecule has 0 aliphatic carbocycles. The Balaban J connectivity index is 2.77. The number of piperazine rings is 1. The third-order valence-corrected chi connectivity index (χ3v) is 2.75. The summed E-state index contributed by atoms with van der Waals surface area (Å²) in [5, 5.41) is 8.74. The van der Waals surface area contributed by atoms with Crippen LogP contribution in [0.4, 0.5) is 0 Å². The third kappa shape index (κ3) is 2.94. The Morgan fingerprint density at radius 2 is 1.94 bits per heavy atom. The van der Waals surface area contributed by atoms with Crippen molar-refractivity contribution in [3.05, 3.63) is 25.3 Å². The molecule has 0 aromatic rings. The maximum atomic E-state index is 11.6. The van der Waals surface area contributed by atoms with Crippen molar-refractivity contribution < 1.29 is 9.59 Å². The van der Waals surface area contributed by atoms with Gasteiger partial charge in [0.2, 0.25) is 11.8 Å². The second kappa shape index (κ2) is 5.85. The van der Waals surface area contributed by atoms with E-state index in [4.69, 9.17) is 5.26 Å². The summed E-state index contributed by atoms with van der Waals surface area (Å²) >= 11 is 0. The Hall–Kier alpha value is -2.09. The SMILES string of the molecule is C=CC(=O)N1CCN(C(=O)C=C)C(CC#N)C1. The normalized spacial score (nSPS) is 19.4. The molecule has 1 aliphatic heterocycles. The number of rotatable bonds is 3. The van der Waals surface area contributed by atoms with E-state index < -0.39 is 0 Å². The van der Waals surface area contributed by atoms with Gasteiger partial charge in [-0.3, -0.25) is 9.59 Å². The highest BCUT2D eigenvalue weighted by Gasteiger charge is 2.30. The van der Waals surface area contributed by atoms with Gasteiger partial charge in [0.25, 0.3) is 0 Å². The van der Waals surface area contributed by atoms with E-state index in [2.05, 4.69) is 13.2 Å². The monoisotopic (exact) mass is 233 g/mol. The fourth-order valence-corrected chi connectivity index (χ4v) is 1.87. The Bertz CT molecular complexity index is 384. The molecule has 1 saturated heterocycles. The van der Waals surface area contributed by atoms with Crippen molar-refractivity contribution in [2.24, 2.45) is 0 Å². The number of hydrogen-bond acceptors (Lipinski definition) is 3. The lowest BCUT2D eigenvalue weighted by Gasteiger charge is -2.39. The van der Waals surface area contributed by atoms with Crippen LogP contribution in [0, 0.1) is 11.3 Å². The Kier molecular flexibility index (Phi) is 4.46. The molecule has 1 aliphatic rings. The zero-order valence-corrected chi connectivity index (χ0v) is 9.63. The van der Waals surface area contributed by atoms with E-state index in [-0.39, 0.29) is 24.3 Å². The lowest BCUT2D eigenvalue weighted by atomic mass is 10.1. The summed E-state index contributed by atoms with van der Waals surface area (Å²) in [4.78, 5) is 26.2. The maximum absolute atomic E-state index is 11.6. The summed E-state index contributed by atoms with van der Waals surface area (Å²) < 4.78 is 0. The molecule has 90 valence electrons. The Morgan fingerprint density at radius 3 is 2.47 bits per heavy atom. The van der Waals surface area contributed by atoms with Gasteiger partial charge in [0.05, 0.1) is 18.5 Å². The zero-order chi connectivity index (χ0) is 12.8. The first-order valence-corrected chi connectivity index (χ1v) is 5.35. The van der Waals surface area contributed by atoms with Crippen molar-refractivity contribution in [2.45, 2.75) is 12.5 Å². The first-order valence-electron chi connectivity index (χ1n) is 5.35. The summed E-state index contributed by atoms with van der Waals surface area (Å²) in [5.74, 6) is -0.366. The van der Waals surface area contributed by atoms with Crippen LogP contribution in [0.2, 0.25) is 0 Å². The lowest BCUT2D eigenvalue weighted by Crippen LogP contribution is -2.55. The quantitative estimate of drug-likeness (QED) is 0.659. The van der Waals surface area contributed by atoms with Gasteiger partial charge in [-0.25, -0.2) is 0 Å². The molecule has 1 atom stereocenters. The highest BCUT2D eigenvalue weighted by Crippen LogP contribution is 2.13. The van der Waals surface area contributed by atoms with E-state index in [1.165, 1.54) is 12.2 Å². The van der Waals surface area contributed by atoms with Gasteiger partial charge < -0.3 is 9.80 Å². The fraction of sp³-hybridized carbons (Fsp3) is 0.417. The number of nitrogens with zero attached hydrogens (tertiary/aromatic N) is 3. The lowest BCUT2D eigenvalue weighted by molar-refractivity contribution is -0.137. The summed E-state index contributed by atoms with van der Waals surface area (Å²) in [6.07, 6.45) is 2.68. The maximum Gasteiger partial charge on any atom is 0.246 e. The molecule has 1 heterocycles. The molecule has 0 saturated carbocycles. The first-order chi connectivity index (χ1) is 8.13. The van der Waals surface area contributed by atoms with E-state index in [0.29, 0.717) is 19.6 Å². The van der Waals surface area contributed by atoms with E-state index in [1.54, 1.807) is 9.80 Å². The van der Waals surface area contributed by atoms with Crippen molar-refractivity contribution in [3.8, 4) is 6.07 Å².